The number of allylic oxidation sites excluding steroid dienone is 2. The first kappa shape index (κ1) is 52.4. The van der Waals surface area contributed by atoms with Crippen LogP contribution in [0, 0.1) is 17.8 Å². The molecule has 318 valence electrons. The third-order valence-corrected chi connectivity index (χ3v) is 11.3. The quantitative estimate of drug-likeness (QED) is 0.0353. The number of hydrogen-bond donors (Lipinski definition) is 0. The van der Waals surface area contributed by atoms with E-state index in [1.807, 2.05) is 0 Å². The van der Waals surface area contributed by atoms with E-state index in [1.165, 1.54) is 154 Å². The van der Waals surface area contributed by atoms with E-state index in [0.29, 0.717) is 26.1 Å². The Morgan fingerprint density at radius 2 is 0.759 bits per heavy atom. The zero-order chi connectivity index (χ0) is 39.7. The maximum absolute atomic E-state index is 12.2. The van der Waals surface area contributed by atoms with Crippen LogP contribution in [-0.2, 0) is 19.1 Å². The van der Waals surface area contributed by atoms with E-state index in [9.17, 15) is 9.59 Å². The van der Waals surface area contributed by atoms with Gasteiger partial charge in [0.25, 0.3) is 0 Å². The number of nitrogens with zero attached hydrogens (tertiary/aromatic N) is 1. The van der Waals surface area contributed by atoms with Gasteiger partial charge in [-0.3, -0.25) is 9.59 Å². The highest BCUT2D eigenvalue weighted by Gasteiger charge is 2.11. The van der Waals surface area contributed by atoms with Crippen molar-refractivity contribution in [2.75, 3.05) is 33.9 Å². The van der Waals surface area contributed by atoms with Crippen molar-refractivity contribution in [2.45, 2.75) is 227 Å². The first-order valence-corrected chi connectivity index (χ1v) is 23.6. The lowest BCUT2D eigenvalue weighted by atomic mass is 9.90. The van der Waals surface area contributed by atoms with Crippen molar-refractivity contribution in [1.29, 1.82) is 0 Å². The third kappa shape index (κ3) is 37.3. The summed E-state index contributed by atoms with van der Waals surface area (Å²) in [5.74, 6) is 2.31. The van der Waals surface area contributed by atoms with Gasteiger partial charge in [0.15, 0.2) is 0 Å². The molecular formula is C49H93NO4. The van der Waals surface area contributed by atoms with Crippen molar-refractivity contribution in [1.82, 2.24) is 4.90 Å². The molecule has 0 spiro atoms. The summed E-state index contributed by atoms with van der Waals surface area (Å²) < 4.78 is 11.0. The Hall–Kier alpha value is -1.62. The highest BCUT2D eigenvalue weighted by atomic mass is 16.5. The summed E-state index contributed by atoms with van der Waals surface area (Å²) in [4.78, 5) is 26.7. The van der Waals surface area contributed by atoms with Crippen LogP contribution < -0.4 is 0 Å². The molecule has 0 saturated heterocycles. The monoisotopic (exact) mass is 760 g/mol. The number of rotatable bonds is 41. The van der Waals surface area contributed by atoms with E-state index < -0.39 is 0 Å². The average molecular weight is 760 g/mol. The van der Waals surface area contributed by atoms with E-state index in [-0.39, 0.29) is 11.9 Å². The first-order chi connectivity index (χ1) is 26.4. The lowest BCUT2D eigenvalue weighted by Gasteiger charge is -2.18. The molecule has 5 heteroatoms. The second kappa shape index (κ2) is 41.0. The fourth-order valence-electron chi connectivity index (χ4n) is 7.63. The number of esters is 2. The molecule has 0 fully saturated rings. The first-order valence-electron chi connectivity index (χ1n) is 23.6. The van der Waals surface area contributed by atoms with Gasteiger partial charge in [-0.15, -0.1) is 0 Å². The molecule has 0 saturated carbocycles. The fraction of sp³-hybridized carbons (Fsp3) is 0.878. The Balaban J connectivity index is 4.13. The minimum atomic E-state index is -0.0437. The summed E-state index contributed by atoms with van der Waals surface area (Å²) in [7, 11) is 4.34. The number of carbonyl (C=O) groups excluding carboxylic acids is 2. The van der Waals surface area contributed by atoms with Crippen molar-refractivity contribution in [3.8, 4) is 0 Å². The van der Waals surface area contributed by atoms with Gasteiger partial charge >= 0.3 is 11.9 Å². The van der Waals surface area contributed by atoms with E-state index in [4.69, 9.17) is 9.47 Å². The van der Waals surface area contributed by atoms with Crippen LogP contribution in [0.3, 0.4) is 0 Å². The lowest BCUT2D eigenvalue weighted by Crippen LogP contribution is -2.13. The molecule has 0 N–H and O–H groups in total. The normalized spacial score (nSPS) is 12.1. The van der Waals surface area contributed by atoms with Crippen molar-refractivity contribution < 1.29 is 19.1 Å². The minimum Gasteiger partial charge on any atom is -0.461 e. The zero-order valence-corrected chi connectivity index (χ0v) is 37.2. The van der Waals surface area contributed by atoms with Gasteiger partial charge in [-0.25, -0.2) is 0 Å². The van der Waals surface area contributed by atoms with Crippen molar-refractivity contribution in [3.63, 3.8) is 0 Å². The summed E-state index contributed by atoms with van der Waals surface area (Å²) >= 11 is 0. The molecular weight excluding hydrogens is 667 g/mol. The largest absolute Gasteiger partial charge is 0.461 e. The molecule has 0 radical (unpaired) electrons. The molecule has 0 atom stereocenters. The summed E-state index contributed by atoms with van der Waals surface area (Å²) in [6.07, 6.45) is 45.9. The SMILES string of the molecule is CCCCC(C/C=C\COC(=O)CCCCCCCC(CCCCCCCC(=O)OC/C=C\CC(CCCC)CCCC)CCCCN(C)C)CCCC. The fourth-order valence-corrected chi connectivity index (χ4v) is 7.63. The van der Waals surface area contributed by atoms with Crippen molar-refractivity contribution >= 4 is 11.9 Å². The van der Waals surface area contributed by atoms with Crippen LogP contribution in [0.5, 0.6) is 0 Å². The number of ether oxygens (including phenoxy) is 2. The van der Waals surface area contributed by atoms with E-state index in [1.54, 1.807) is 0 Å². The van der Waals surface area contributed by atoms with Crippen LogP contribution in [0.2, 0.25) is 0 Å². The molecule has 0 amide bonds. The van der Waals surface area contributed by atoms with Gasteiger partial charge in [-0.05, 0) is 70.5 Å². The van der Waals surface area contributed by atoms with Crippen LogP contribution in [0.25, 0.3) is 0 Å². The molecule has 0 aliphatic rings. The van der Waals surface area contributed by atoms with Gasteiger partial charge in [-0.2, -0.15) is 0 Å². The maximum Gasteiger partial charge on any atom is 0.306 e. The third-order valence-electron chi connectivity index (χ3n) is 11.3. The molecule has 0 aromatic heterocycles. The highest BCUT2D eigenvalue weighted by molar-refractivity contribution is 5.69. The van der Waals surface area contributed by atoms with E-state index >= 15 is 0 Å². The predicted octanol–water partition coefficient (Wildman–Crippen LogP) is 14.8. The van der Waals surface area contributed by atoms with Gasteiger partial charge in [-0.1, -0.05) is 206 Å². The lowest BCUT2D eigenvalue weighted by molar-refractivity contribution is -0.143. The predicted molar refractivity (Wildman–Crippen MR) is 235 cm³/mol. The smallest absolute Gasteiger partial charge is 0.306 e. The molecule has 54 heavy (non-hydrogen) atoms. The maximum atomic E-state index is 12.2. The zero-order valence-electron chi connectivity index (χ0n) is 37.2. The van der Waals surface area contributed by atoms with Gasteiger partial charge in [0.1, 0.15) is 13.2 Å². The van der Waals surface area contributed by atoms with E-state index in [0.717, 1.165) is 56.3 Å². The van der Waals surface area contributed by atoms with Gasteiger partial charge < -0.3 is 14.4 Å². The van der Waals surface area contributed by atoms with Gasteiger partial charge in [0.2, 0.25) is 0 Å². The van der Waals surface area contributed by atoms with Crippen LogP contribution in [0.15, 0.2) is 24.3 Å². The summed E-state index contributed by atoms with van der Waals surface area (Å²) in [6.45, 7) is 11.1. The molecule has 0 aromatic rings. The van der Waals surface area contributed by atoms with Crippen molar-refractivity contribution in [3.05, 3.63) is 24.3 Å². The molecule has 0 aromatic carbocycles. The molecule has 0 unspecified atom stereocenters. The summed E-state index contributed by atoms with van der Waals surface area (Å²) in [6, 6.07) is 0. The molecule has 0 heterocycles. The summed E-state index contributed by atoms with van der Waals surface area (Å²) in [5.41, 5.74) is 0. The van der Waals surface area contributed by atoms with Crippen LogP contribution in [0.1, 0.15) is 227 Å². The van der Waals surface area contributed by atoms with Crippen molar-refractivity contribution in [2.24, 2.45) is 17.8 Å². The Morgan fingerprint density at radius 3 is 1.13 bits per heavy atom. The summed E-state index contributed by atoms with van der Waals surface area (Å²) in [5, 5.41) is 0. The van der Waals surface area contributed by atoms with Crippen LogP contribution >= 0.6 is 0 Å². The molecule has 0 bridgehead atoms. The van der Waals surface area contributed by atoms with Gasteiger partial charge in [0.05, 0.1) is 0 Å². The Labute approximate surface area is 337 Å². The van der Waals surface area contributed by atoms with Gasteiger partial charge in [0, 0.05) is 12.8 Å². The topological polar surface area (TPSA) is 55.8 Å². The Kier molecular flexibility index (Phi) is 39.8. The Bertz CT molecular complexity index is 790. The molecule has 5 nitrogen and oxygen atoms in total. The highest BCUT2D eigenvalue weighted by Crippen LogP contribution is 2.25. The van der Waals surface area contributed by atoms with Crippen LogP contribution in [0.4, 0.5) is 0 Å². The number of hydrogen-bond acceptors (Lipinski definition) is 5. The second-order valence-corrected chi connectivity index (χ2v) is 16.9. The number of carbonyl (C=O) groups is 2. The minimum absolute atomic E-state index is 0.0437. The Morgan fingerprint density at radius 1 is 0.426 bits per heavy atom. The molecule has 0 aliphatic carbocycles. The standard InChI is InChI=1S/C49H93NO4/c1-7-11-31-45(32-12-8-2)38-26-29-43-53-48(51)40-23-19-15-17-21-35-47(37-25-28-42-50(5)6)36-22-18-16-20-24-41-49(52)54-44-30-27-39-46(33-13-9-3)34-14-10-4/h26-27,29-30,45-47H,7-25,28,31-44H2,1-6H3/b29-26-,30-27-. The molecule has 0 aliphatic heterocycles. The second-order valence-electron chi connectivity index (χ2n) is 16.9. The number of unbranched alkanes of at least 4 members (excludes halogenated alkanes) is 13. The molecule has 0 rings (SSSR count). The van der Waals surface area contributed by atoms with E-state index in [2.05, 4.69) is 71.0 Å². The van der Waals surface area contributed by atoms with Crippen LogP contribution in [-0.4, -0.2) is 50.7 Å². The average Bonchev–Trinajstić information content (AvgIpc) is 3.16.